The predicted molar refractivity (Wildman–Crippen MR) is 68.1 cm³/mol. The SMILES string of the molecule is O=S1(=O)CCC(NCc2cc3c(cc2O)OCO3)C1. The Morgan fingerprint density at radius 3 is 2.74 bits per heavy atom. The second-order valence-electron chi connectivity index (χ2n) is 4.82. The van der Waals surface area contributed by atoms with Crippen LogP contribution in [0.2, 0.25) is 0 Å². The minimum absolute atomic E-state index is 0.0465. The Kier molecular flexibility index (Phi) is 3.02. The average molecular weight is 285 g/mol. The zero-order valence-corrected chi connectivity index (χ0v) is 11.1. The quantitative estimate of drug-likeness (QED) is 0.836. The van der Waals surface area contributed by atoms with Crippen molar-refractivity contribution in [2.75, 3.05) is 18.3 Å². The fourth-order valence-corrected chi connectivity index (χ4v) is 4.03. The maximum absolute atomic E-state index is 11.3. The molecule has 7 heteroatoms. The van der Waals surface area contributed by atoms with Crippen molar-refractivity contribution in [2.24, 2.45) is 0 Å². The highest BCUT2D eigenvalue weighted by Gasteiger charge is 2.27. The molecule has 0 radical (unpaired) electrons. The zero-order valence-electron chi connectivity index (χ0n) is 10.3. The van der Waals surface area contributed by atoms with Crippen LogP contribution < -0.4 is 14.8 Å². The molecule has 1 saturated heterocycles. The maximum atomic E-state index is 11.3. The van der Waals surface area contributed by atoms with Crippen molar-refractivity contribution in [2.45, 2.75) is 19.0 Å². The van der Waals surface area contributed by atoms with Gasteiger partial charge in [-0.05, 0) is 12.5 Å². The summed E-state index contributed by atoms with van der Waals surface area (Å²) in [7, 11) is -2.89. The molecule has 6 nitrogen and oxygen atoms in total. The molecular formula is C12H15NO5S. The van der Waals surface area contributed by atoms with Crippen LogP contribution in [0, 0.1) is 0 Å². The van der Waals surface area contributed by atoms with Crippen molar-refractivity contribution in [3.05, 3.63) is 17.7 Å². The van der Waals surface area contributed by atoms with E-state index in [0.29, 0.717) is 30.0 Å². The highest BCUT2D eigenvalue weighted by atomic mass is 32.2. The van der Waals surface area contributed by atoms with Gasteiger partial charge < -0.3 is 19.9 Å². The molecule has 1 atom stereocenters. The third-order valence-corrected chi connectivity index (χ3v) is 5.16. The number of phenolic OH excluding ortho intramolecular Hbond substituents is 1. The maximum Gasteiger partial charge on any atom is 0.231 e. The highest BCUT2D eigenvalue weighted by Crippen LogP contribution is 2.37. The summed E-state index contributed by atoms with van der Waals surface area (Å²) in [6.07, 6.45) is 0.619. The lowest BCUT2D eigenvalue weighted by molar-refractivity contribution is 0.174. The lowest BCUT2D eigenvalue weighted by atomic mass is 10.1. The van der Waals surface area contributed by atoms with Gasteiger partial charge in [0.2, 0.25) is 6.79 Å². The molecular weight excluding hydrogens is 270 g/mol. The number of sulfone groups is 1. The minimum Gasteiger partial charge on any atom is -0.507 e. The summed E-state index contributed by atoms with van der Waals surface area (Å²) in [6, 6.07) is 3.19. The van der Waals surface area contributed by atoms with Crippen LogP contribution in [-0.4, -0.2) is 37.9 Å². The standard InChI is InChI=1S/C12H15NO5S/c14-10-4-12-11(17-7-18-12)3-8(10)5-13-9-1-2-19(15,16)6-9/h3-4,9,13-14H,1-2,5-7H2. The summed E-state index contributed by atoms with van der Waals surface area (Å²) in [5.41, 5.74) is 0.675. The summed E-state index contributed by atoms with van der Waals surface area (Å²) < 4.78 is 33.1. The van der Waals surface area contributed by atoms with Crippen molar-refractivity contribution in [3.8, 4) is 17.2 Å². The fourth-order valence-electron chi connectivity index (χ4n) is 2.33. The van der Waals surface area contributed by atoms with Crippen LogP contribution in [0.15, 0.2) is 12.1 Å². The van der Waals surface area contributed by atoms with Crippen LogP contribution in [0.25, 0.3) is 0 Å². The third-order valence-electron chi connectivity index (χ3n) is 3.39. The number of hydrogen-bond donors (Lipinski definition) is 2. The van der Waals surface area contributed by atoms with E-state index in [1.165, 1.54) is 6.07 Å². The molecule has 2 N–H and O–H groups in total. The van der Waals surface area contributed by atoms with Crippen molar-refractivity contribution in [1.82, 2.24) is 5.32 Å². The number of nitrogens with one attached hydrogen (secondary N) is 1. The Balaban J connectivity index is 1.68. The molecule has 0 spiro atoms. The summed E-state index contributed by atoms with van der Waals surface area (Å²) in [4.78, 5) is 0. The van der Waals surface area contributed by atoms with E-state index >= 15 is 0 Å². The van der Waals surface area contributed by atoms with Crippen molar-refractivity contribution in [3.63, 3.8) is 0 Å². The average Bonchev–Trinajstić information content (AvgIpc) is 2.92. The van der Waals surface area contributed by atoms with E-state index in [4.69, 9.17) is 9.47 Å². The van der Waals surface area contributed by atoms with Gasteiger partial charge in [0.05, 0.1) is 11.5 Å². The first-order valence-electron chi connectivity index (χ1n) is 6.09. The third kappa shape index (κ3) is 2.62. The molecule has 0 saturated carbocycles. The fraction of sp³-hybridized carbons (Fsp3) is 0.500. The first-order valence-corrected chi connectivity index (χ1v) is 7.91. The summed E-state index contributed by atoms with van der Waals surface area (Å²) >= 11 is 0. The Morgan fingerprint density at radius 2 is 2.05 bits per heavy atom. The molecule has 1 unspecified atom stereocenters. The van der Waals surface area contributed by atoms with E-state index in [0.717, 1.165) is 0 Å². The number of rotatable bonds is 3. The molecule has 1 fully saturated rings. The van der Waals surface area contributed by atoms with Crippen LogP contribution in [0.1, 0.15) is 12.0 Å². The highest BCUT2D eigenvalue weighted by molar-refractivity contribution is 7.91. The van der Waals surface area contributed by atoms with Gasteiger partial charge in [-0.1, -0.05) is 0 Å². The van der Waals surface area contributed by atoms with Crippen molar-refractivity contribution < 1.29 is 23.0 Å². The Morgan fingerprint density at radius 1 is 1.32 bits per heavy atom. The summed E-state index contributed by atoms with van der Waals surface area (Å²) in [5, 5.41) is 13.0. The first-order chi connectivity index (χ1) is 9.03. The predicted octanol–water partition coefficient (Wildman–Crippen LogP) is 0.398. The number of ether oxygens (including phenoxy) is 2. The van der Waals surface area contributed by atoms with E-state index < -0.39 is 9.84 Å². The first kappa shape index (κ1) is 12.6. The van der Waals surface area contributed by atoms with E-state index in [1.54, 1.807) is 6.07 Å². The van der Waals surface area contributed by atoms with Gasteiger partial charge in [-0.3, -0.25) is 0 Å². The van der Waals surface area contributed by atoms with E-state index in [1.807, 2.05) is 0 Å². The number of benzene rings is 1. The number of aromatic hydroxyl groups is 1. The topological polar surface area (TPSA) is 84.9 Å². The Labute approximate surface area is 111 Å². The molecule has 0 aliphatic carbocycles. The largest absolute Gasteiger partial charge is 0.507 e. The molecule has 0 aromatic heterocycles. The van der Waals surface area contributed by atoms with Crippen molar-refractivity contribution >= 4 is 9.84 Å². The van der Waals surface area contributed by atoms with Crippen LogP contribution in [-0.2, 0) is 16.4 Å². The Bertz CT molecular complexity index is 598. The zero-order chi connectivity index (χ0) is 13.5. The van der Waals surface area contributed by atoms with Crippen LogP contribution >= 0.6 is 0 Å². The second-order valence-corrected chi connectivity index (χ2v) is 7.04. The van der Waals surface area contributed by atoms with Crippen LogP contribution in [0.4, 0.5) is 0 Å². The molecule has 2 heterocycles. The van der Waals surface area contributed by atoms with Crippen LogP contribution in [0.3, 0.4) is 0 Å². The van der Waals surface area contributed by atoms with Gasteiger partial charge in [-0.15, -0.1) is 0 Å². The molecule has 1 aromatic rings. The molecule has 19 heavy (non-hydrogen) atoms. The van der Waals surface area contributed by atoms with E-state index in [-0.39, 0.29) is 30.1 Å². The van der Waals surface area contributed by atoms with Crippen LogP contribution in [0.5, 0.6) is 17.2 Å². The lowest BCUT2D eigenvalue weighted by Crippen LogP contribution is -2.29. The monoisotopic (exact) mass is 285 g/mol. The van der Waals surface area contributed by atoms with Gasteiger partial charge in [-0.25, -0.2) is 8.42 Å². The number of fused-ring (bicyclic) bond motifs is 1. The molecule has 3 rings (SSSR count). The minimum atomic E-state index is -2.89. The second kappa shape index (κ2) is 4.57. The van der Waals surface area contributed by atoms with Gasteiger partial charge in [-0.2, -0.15) is 0 Å². The smallest absolute Gasteiger partial charge is 0.231 e. The van der Waals surface area contributed by atoms with Gasteiger partial charge >= 0.3 is 0 Å². The molecule has 1 aromatic carbocycles. The molecule has 2 aliphatic heterocycles. The van der Waals surface area contributed by atoms with Gasteiger partial charge in [0.25, 0.3) is 0 Å². The molecule has 104 valence electrons. The molecule has 2 aliphatic rings. The van der Waals surface area contributed by atoms with E-state index in [2.05, 4.69) is 5.32 Å². The Hall–Kier alpha value is -1.47. The summed E-state index contributed by atoms with van der Waals surface area (Å²) in [6.45, 7) is 0.565. The lowest BCUT2D eigenvalue weighted by Gasteiger charge is -2.12. The van der Waals surface area contributed by atoms with Gasteiger partial charge in [0.1, 0.15) is 5.75 Å². The summed E-state index contributed by atoms with van der Waals surface area (Å²) in [5.74, 6) is 1.66. The van der Waals surface area contributed by atoms with Crippen molar-refractivity contribution in [1.29, 1.82) is 0 Å². The number of hydrogen-bond acceptors (Lipinski definition) is 6. The molecule has 0 amide bonds. The molecule has 0 bridgehead atoms. The van der Waals surface area contributed by atoms with E-state index in [9.17, 15) is 13.5 Å². The van der Waals surface area contributed by atoms with Gasteiger partial charge in [0, 0.05) is 24.2 Å². The number of phenols is 1. The van der Waals surface area contributed by atoms with Gasteiger partial charge in [0.15, 0.2) is 21.3 Å². The normalized spacial score (nSPS) is 23.7.